The Morgan fingerprint density at radius 1 is 1.53 bits per heavy atom. The molecule has 2 rings (SSSR count). The van der Waals surface area contributed by atoms with Crippen LogP contribution in [0, 0.1) is 5.92 Å². The van der Waals surface area contributed by atoms with E-state index in [1.165, 1.54) is 6.92 Å². The molecular weight excluding hydrogens is 190 g/mol. The molecule has 2 unspecified atom stereocenters. The number of nitrogens with one attached hydrogen (secondary N) is 1. The lowest BCUT2D eigenvalue weighted by atomic mass is 9.93. The Hall–Kier alpha value is -1.35. The maximum Gasteiger partial charge on any atom is 0.217 e. The van der Waals surface area contributed by atoms with Gasteiger partial charge in [-0.2, -0.15) is 0 Å². The van der Waals surface area contributed by atoms with E-state index in [0.717, 1.165) is 5.57 Å². The Morgan fingerprint density at radius 3 is 3.13 bits per heavy atom. The van der Waals surface area contributed by atoms with Crippen molar-refractivity contribution >= 4 is 5.91 Å². The van der Waals surface area contributed by atoms with Gasteiger partial charge >= 0.3 is 0 Å². The van der Waals surface area contributed by atoms with Gasteiger partial charge in [-0.05, 0) is 5.57 Å². The second kappa shape index (κ2) is 4.45. The van der Waals surface area contributed by atoms with Crippen LogP contribution in [0.1, 0.15) is 6.92 Å². The van der Waals surface area contributed by atoms with Gasteiger partial charge in [0.05, 0.1) is 12.7 Å². The third-order valence-corrected chi connectivity index (χ3v) is 2.58. The number of hydrogen-bond donors (Lipinski definition) is 1. The third-order valence-electron chi connectivity index (χ3n) is 2.58. The van der Waals surface area contributed by atoms with Crippen LogP contribution in [-0.2, 0) is 9.53 Å². The van der Waals surface area contributed by atoms with Crippen molar-refractivity contribution in [3.63, 3.8) is 0 Å². The molecule has 1 N–H and O–H groups in total. The normalized spacial score (nSPS) is 28.2. The van der Waals surface area contributed by atoms with Crippen LogP contribution in [0.15, 0.2) is 36.0 Å². The number of carbonyl (C=O) groups is 1. The molecule has 0 spiro atoms. The van der Waals surface area contributed by atoms with E-state index < -0.39 is 0 Å². The molecule has 1 amide bonds. The Morgan fingerprint density at radius 2 is 2.33 bits per heavy atom. The Kier molecular flexibility index (Phi) is 3.02. The molecule has 0 aromatic carbocycles. The zero-order valence-electron chi connectivity index (χ0n) is 8.77. The highest BCUT2D eigenvalue weighted by atomic mass is 16.5. The maximum absolute atomic E-state index is 10.8. The SMILES string of the molecule is CC(=O)NCC1=CC2C=CC=CC2OC1. The summed E-state index contributed by atoms with van der Waals surface area (Å²) in [5.74, 6) is 0.324. The van der Waals surface area contributed by atoms with Gasteiger partial charge in [-0.15, -0.1) is 0 Å². The summed E-state index contributed by atoms with van der Waals surface area (Å²) >= 11 is 0. The Bertz CT molecular complexity index is 342. The fraction of sp³-hybridized carbons (Fsp3) is 0.417. The van der Waals surface area contributed by atoms with Crippen LogP contribution in [0.5, 0.6) is 0 Å². The lowest BCUT2D eigenvalue weighted by Gasteiger charge is -2.28. The molecule has 3 nitrogen and oxygen atoms in total. The largest absolute Gasteiger partial charge is 0.369 e. The summed E-state index contributed by atoms with van der Waals surface area (Å²) in [7, 11) is 0. The van der Waals surface area contributed by atoms with Gasteiger partial charge in [-0.1, -0.05) is 30.4 Å². The molecule has 0 saturated heterocycles. The summed E-state index contributed by atoms with van der Waals surface area (Å²) < 4.78 is 5.67. The summed E-state index contributed by atoms with van der Waals surface area (Å²) in [6, 6.07) is 0. The van der Waals surface area contributed by atoms with Crippen molar-refractivity contribution in [1.82, 2.24) is 5.32 Å². The molecular formula is C12H15NO2. The van der Waals surface area contributed by atoms with Crippen LogP contribution >= 0.6 is 0 Å². The molecule has 2 aliphatic rings. The van der Waals surface area contributed by atoms with Crippen molar-refractivity contribution < 1.29 is 9.53 Å². The summed E-state index contributed by atoms with van der Waals surface area (Å²) in [4.78, 5) is 10.8. The zero-order chi connectivity index (χ0) is 10.7. The standard InChI is InChI=1S/C12H15NO2/c1-9(14)13-7-10-6-11-4-2-3-5-12(11)15-8-10/h2-6,11-12H,7-8H2,1H3,(H,13,14). The van der Waals surface area contributed by atoms with Gasteiger partial charge in [-0.25, -0.2) is 0 Å². The lowest BCUT2D eigenvalue weighted by molar-refractivity contribution is -0.118. The van der Waals surface area contributed by atoms with Crippen LogP contribution < -0.4 is 5.32 Å². The van der Waals surface area contributed by atoms with Crippen molar-refractivity contribution in [2.45, 2.75) is 13.0 Å². The molecule has 3 heteroatoms. The second-order valence-corrected chi connectivity index (χ2v) is 3.86. The molecule has 0 radical (unpaired) electrons. The topological polar surface area (TPSA) is 38.3 Å². The molecule has 0 fully saturated rings. The number of hydrogen-bond acceptors (Lipinski definition) is 2. The summed E-state index contributed by atoms with van der Waals surface area (Å²) in [6.07, 6.45) is 10.6. The van der Waals surface area contributed by atoms with Crippen molar-refractivity contribution in [3.8, 4) is 0 Å². The monoisotopic (exact) mass is 205 g/mol. The first-order chi connectivity index (χ1) is 7.25. The van der Waals surface area contributed by atoms with Gasteiger partial charge < -0.3 is 10.1 Å². The molecule has 0 aromatic heterocycles. The average molecular weight is 205 g/mol. The average Bonchev–Trinajstić information content (AvgIpc) is 2.26. The molecule has 0 bridgehead atoms. The first kappa shape index (κ1) is 10.2. The fourth-order valence-corrected chi connectivity index (χ4v) is 1.79. The van der Waals surface area contributed by atoms with E-state index in [-0.39, 0.29) is 12.0 Å². The third kappa shape index (κ3) is 2.57. The van der Waals surface area contributed by atoms with Crippen LogP contribution in [0.4, 0.5) is 0 Å². The van der Waals surface area contributed by atoms with Gasteiger partial charge in [0.15, 0.2) is 0 Å². The molecule has 80 valence electrons. The zero-order valence-corrected chi connectivity index (χ0v) is 8.77. The van der Waals surface area contributed by atoms with Crippen LogP contribution in [0.25, 0.3) is 0 Å². The molecule has 15 heavy (non-hydrogen) atoms. The second-order valence-electron chi connectivity index (χ2n) is 3.86. The number of allylic oxidation sites excluding steroid dienone is 2. The van der Waals surface area contributed by atoms with E-state index >= 15 is 0 Å². The molecule has 2 atom stereocenters. The number of rotatable bonds is 2. The van der Waals surface area contributed by atoms with Crippen LogP contribution in [0.2, 0.25) is 0 Å². The number of fused-ring (bicyclic) bond motifs is 1. The minimum atomic E-state index is -0.00268. The summed E-state index contributed by atoms with van der Waals surface area (Å²) in [5, 5.41) is 2.78. The van der Waals surface area contributed by atoms with E-state index in [2.05, 4.69) is 23.5 Å². The maximum atomic E-state index is 10.8. The minimum absolute atomic E-state index is 0.00268. The van der Waals surface area contributed by atoms with E-state index in [1.54, 1.807) is 0 Å². The molecule has 1 heterocycles. The molecule has 0 saturated carbocycles. The Balaban J connectivity index is 1.97. The fourth-order valence-electron chi connectivity index (χ4n) is 1.79. The molecule has 0 aromatic rings. The lowest BCUT2D eigenvalue weighted by Crippen LogP contribution is -2.31. The number of amides is 1. The predicted molar refractivity (Wildman–Crippen MR) is 58.3 cm³/mol. The first-order valence-corrected chi connectivity index (χ1v) is 5.16. The van der Waals surface area contributed by atoms with Crippen LogP contribution in [-0.4, -0.2) is 25.2 Å². The smallest absolute Gasteiger partial charge is 0.217 e. The summed E-state index contributed by atoms with van der Waals surface area (Å²) in [5.41, 5.74) is 1.14. The minimum Gasteiger partial charge on any atom is -0.369 e. The van der Waals surface area contributed by atoms with Gasteiger partial charge in [0, 0.05) is 19.4 Å². The highest BCUT2D eigenvalue weighted by Crippen LogP contribution is 2.23. The van der Waals surface area contributed by atoms with Crippen molar-refractivity contribution in [2.75, 3.05) is 13.2 Å². The van der Waals surface area contributed by atoms with E-state index in [0.29, 0.717) is 19.1 Å². The summed E-state index contributed by atoms with van der Waals surface area (Å²) in [6.45, 7) is 2.73. The Labute approximate surface area is 89.5 Å². The van der Waals surface area contributed by atoms with Crippen molar-refractivity contribution in [3.05, 3.63) is 36.0 Å². The molecule has 1 aliphatic carbocycles. The van der Waals surface area contributed by atoms with Gasteiger partial charge in [0.25, 0.3) is 0 Å². The number of ether oxygens (including phenoxy) is 1. The van der Waals surface area contributed by atoms with Gasteiger partial charge in [0.2, 0.25) is 5.91 Å². The van der Waals surface area contributed by atoms with Gasteiger partial charge in [-0.3, -0.25) is 4.79 Å². The quantitative estimate of drug-likeness (QED) is 0.688. The predicted octanol–water partition coefficient (Wildman–Crippen LogP) is 1.19. The number of carbonyl (C=O) groups excluding carboxylic acids is 1. The highest BCUT2D eigenvalue weighted by Gasteiger charge is 2.22. The first-order valence-electron chi connectivity index (χ1n) is 5.16. The van der Waals surface area contributed by atoms with Crippen molar-refractivity contribution in [1.29, 1.82) is 0 Å². The van der Waals surface area contributed by atoms with Crippen LogP contribution in [0.3, 0.4) is 0 Å². The van der Waals surface area contributed by atoms with E-state index in [9.17, 15) is 4.79 Å². The molecule has 1 aliphatic heterocycles. The van der Waals surface area contributed by atoms with E-state index in [1.807, 2.05) is 12.2 Å². The highest BCUT2D eigenvalue weighted by molar-refractivity contribution is 5.73. The van der Waals surface area contributed by atoms with E-state index in [4.69, 9.17) is 4.74 Å². The van der Waals surface area contributed by atoms with Gasteiger partial charge in [0.1, 0.15) is 0 Å². The van der Waals surface area contributed by atoms with Crippen molar-refractivity contribution in [2.24, 2.45) is 5.92 Å².